The zero-order chi connectivity index (χ0) is 16.8. The third kappa shape index (κ3) is 4.06. The smallest absolute Gasteiger partial charge is 0.141 e. The molecule has 3 rings (SSSR count). The second-order valence-electron chi connectivity index (χ2n) is 5.88. The molecule has 0 unspecified atom stereocenters. The van der Waals surface area contributed by atoms with E-state index in [-0.39, 0.29) is 0 Å². The summed E-state index contributed by atoms with van der Waals surface area (Å²) in [5, 5.41) is 3.47. The Kier molecular flexibility index (Phi) is 5.33. The molecule has 3 aromatic rings. The van der Waals surface area contributed by atoms with Crippen molar-refractivity contribution >= 4 is 16.7 Å². The van der Waals surface area contributed by atoms with Crippen LogP contribution >= 0.6 is 0 Å². The van der Waals surface area contributed by atoms with E-state index in [9.17, 15) is 0 Å². The molecule has 5 nitrogen and oxygen atoms in total. The van der Waals surface area contributed by atoms with Crippen molar-refractivity contribution in [3.05, 3.63) is 53.9 Å². The maximum atomic E-state index is 5.93. The first-order valence-electron chi connectivity index (χ1n) is 8.33. The van der Waals surface area contributed by atoms with Gasteiger partial charge in [-0.25, -0.2) is 4.98 Å². The van der Waals surface area contributed by atoms with Crippen LogP contribution in [0.15, 0.2) is 42.5 Å². The predicted octanol–water partition coefficient (Wildman–Crippen LogP) is 2.92. The van der Waals surface area contributed by atoms with Crippen LogP contribution in [0.5, 0.6) is 5.75 Å². The number of benzene rings is 2. The summed E-state index contributed by atoms with van der Waals surface area (Å²) in [5.74, 6) is 1.77. The number of fused-ring (bicyclic) bond motifs is 1. The molecule has 5 heteroatoms. The minimum atomic E-state index is 0.702. The first-order chi connectivity index (χ1) is 11.8. The molecule has 1 heterocycles. The Balaban J connectivity index is 1.37. The summed E-state index contributed by atoms with van der Waals surface area (Å²) >= 11 is 0. The number of nitrogen functional groups attached to an aromatic ring is 1. The summed E-state index contributed by atoms with van der Waals surface area (Å²) in [5.41, 5.74) is 10.0. The van der Waals surface area contributed by atoms with E-state index in [0.29, 0.717) is 5.69 Å². The van der Waals surface area contributed by atoms with Gasteiger partial charge in [0.15, 0.2) is 0 Å². The number of anilines is 1. The number of aromatic amines is 1. The van der Waals surface area contributed by atoms with Crippen LogP contribution in [0, 0.1) is 0 Å². The number of methoxy groups -OCH3 is 1. The number of nitrogens with one attached hydrogen (secondary N) is 2. The van der Waals surface area contributed by atoms with E-state index in [1.54, 1.807) is 7.11 Å². The van der Waals surface area contributed by atoms with Crippen molar-refractivity contribution in [3.8, 4) is 5.75 Å². The van der Waals surface area contributed by atoms with Crippen molar-refractivity contribution in [2.24, 2.45) is 0 Å². The van der Waals surface area contributed by atoms with Gasteiger partial charge in [0.1, 0.15) is 11.6 Å². The Morgan fingerprint density at radius 1 is 1.12 bits per heavy atom. The molecule has 0 saturated carbocycles. The Morgan fingerprint density at radius 3 is 2.79 bits per heavy atom. The van der Waals surface area contributed by atoms with Gasteiger partial charge in [0.2, 0.25) is 0 Å². The summed E-state index contributed by atoms with van der Waals surface area (Å²) < 4.78 is 5.18. The zero-order valence-corrected chi connectivity index (χ0v) is 14.0. The summed E-state index contributed by atoms with van der Waals surface area (Å²) in [6.07, 6.45) is 2.99. The van der Waals surface area contributed by atoms with Gasteiger partial charge in [-0.15, -0.1) is 0 Å². The lowest BCUT2D eigenvalue weighted by atomic mass is 10.1. The van der Waals surface area contributed by atoms with Crippen molar-refractivity contribution in [1.82, 2.24) is 15.3 Å². The fourth-order valence-electron chi connectivity index (χ4n) is 2.81. The van der Waals surface area contributed by atoms with Crippen LogP contribution in [-0.4, -0.2) is 30.2 Å². The van der Waals surface area contributed by atoms with E-state index in [0.717, 1.165) is 55.0 Å². The fraction of sp³-hybridized carbons (Fsp3) is 0.316. The molecular formula is C19H24N4O. The molecule has 0 aliphatic rings. The standard InChI is InChI=1S/C19H24N4O/c1-24-18-9-8-14(13-15(18)20)5-4-11-21-12-10-19-22-16-6-2-3-7-17(16)23-19/h2-3,6-9,13,21H,4-5,10-12,20H2,1H3,(H,22,23). The molecule has 0 saturated heterocycles. The van der Waals surface area contributed by atoms with Gasteiger partial charge in [0, 0.05) is 13.0 Å². The fourth-order valence-corrected chi connectivity index (χ4v) is 2.81. The second kappa shape index (κ2) is 7.84. The van der Waals surface area contributed by atoms with Gasteiger partial charge in [-0.05, 0) is 49.2 Å². The van der Waals surface area contributed by atoms with E-state index in [4.69, 9.17) is 10.5 Å². The SMILES string of the molecule is COc1ccc(CCCNCCc2nc3ccccc3[nH]2)cc1N. The van der Waals surface area contributed by atoms with Gasteiger partial charge in [-0.3, -0.25) is 0 Å². The number of para-hydroxylation sites is 2. The number of ether oxygens (including phenoxy) is 1. The molecule has 0 spiro atoms. The molecule has 0 aliphatic carbocycles. The molecule has 0 radical (unpaired) electrons. The van der Waals surface area contributed by atoms with Gasteiger partial charge in [-0.2, -0.15) is 0 Å². The van der Waals surface area contributed by atoms with Crippen LogP contribution in [-0.2, 0) is 12.8 Å². The maximum absolute atomic E-state index is 5.93. The predicted molar refractivity (Wildman–Crippen MR) is 98.4 cm³/mol. The van der Waals surface area contributed by atoms with E-state index in [1.807, 2.05) is 30.3 Å². The number of nitrogens with two attached hydrogens (primary N) is 1. The van der Waals surface area contributed by atoms with Crippen molar-refractivity contribution < 1.29 is 4.74 Å². The highest BCUT2D eigenvalue weighted by Gasteiger charge is 2.02. The van der Waals surface area contributed by atoms with Crippen molar-refractivity contribution in [1.29, 1.82) is 0 Å². The monoisotopic (exact) mass is 324 g/mol. The van der Waals surface area contributed by atoms with Crippen molar-refractivity contribution in [2.75, 3.05) is 25.9 Å². The Hall–Kier alpha value is -2.53. The van der Waals surface area contributed by atoms with E-state index >= 15 is 0 Å². The summed E-state index contributed by atoms with van der Waals surface area (Å²) in [7, 11) is 1.64. The lowest BCUT2D eigenvalue weighted by Crippen LogP contribution is -2.19. The van der Waals surface area contributed by atoms with Gasteiger partial charge < -0.3 is 20.8 Å². The molecule has 0 fully saturated rings. The number of hydrogen-bond donors (Lipinski definition) is 3. The molecule has 0 atom stereocenters. The van der Waals surface area contributed by atoms with E-state index in [1.165, 1.54) is 5.56 Å². The highest BCUT2D eigenvalue weighted by atomic mass is 16.5. The normalized spacial score (nSPS) is 11.0. The number of rotatable bonds is 8. The number of H-pyrrole nitrogens is 1. The highest BCUT2D eigenvalue weighted by molar-refractivity contribution is 5.74. The van der Waals surface area contributed by atoms with Crippen LogP contribution in [0.4, 0.5) is 5.69 Å². The van der Waals surface area contributed by atoms with Crippen LogP contribution in [0.1, 0.15) is 17.8 Å². The Morgan fingerprint density at radius 2 is 2.00 bits per heavy atom. The lowest BCUT2D eigenvalue weighted by molar-refractivity contribution is 0.417. The van der Waals surface area contributed by atoms with Gasteiger partial charge in [0.25, 0.3) is 0 Å². The quantitative estimate of drug-likeness (QED) is 0.440. The number of nitrogens with zero attached hydrogens (tertiary/aromatic N) is 1. The minimum Gasteiger partial charge on any atom is -0.495 e. The first kappa shape index (κ1) is 16.3. The second-order valence-corrected chi connectivity index (χ2v) is 5.88. The zero-order valence-electron chi connectivity index (χ0n) is 14.0. The molecule has 24 heavy (non-hydrogen) atoms. The molecule has 0 aliphatic heterocycles. The van der Waals surface area contributed by atoms with Gasteiger partial charge >= 0.3 is 0 Å². The molecule has 0 amide bonds. The highest BCUT2D eigenvalue weighted by Crippen LogP contribution is 2.22. The summed E-state index contributed by atoms with van der Waals surface area (Å²) in [4.78, 5) is 7.94. The van der Waals surface area contributed by atoms with Crippen LogP contribution in [0.25, 0.3) is 11.0 Å². The number of imidazole rings is 1. The molecule has 0 bridgehead atoms. The van der Waals surface area contributed by atoms with Crippen LogP contribution < -0.4 is 15.8 Å². The van der Waals surface area contributed by atoms with E-state index in [2.05, 4.69) is 27.4 Å². The van der Waals surface area contributed by atoms with Crippen LogP contribution in [0.3, 0.4) is 0 Å². The molecular weight excluding hydrogens is 300 g/mol. The van der Waals surface area contributed by atoms with Gasteiger partial charge in [-0.1, -0.05) is 18.2 Å². The third-order valence-electron chi connectivity index (χ3n) is 4.09. The van der Waals surface area contributed by atoms with Crippen molar-refractivity contribution in [3.63, 3.8) is 0 Å². The molecule has 2 aromatic carbocycles. The third-order valence-corrected chi connectivity index (χ3v) is 4.09. The maximum Gasteiger partial charge on any atom is 0.141 e. The van der Waals surface area contributed by atoms with Crippen LogP contribution in [0.2, 0.25) is 0 Å². The van der Waals surface area contributed by atoms with Gasteiger partial charge in [0.05, 0.1) is 23.8 Å². The average Bonchev–Trinajstić information content (AvgIpc) is 3.01. The molecule has 126 valence electrons. The first-order valence-corrected chi connectivity index (χ1v) is 8.33. The summed E-state index contributed by atoms with van der Waals surface area (Å²) in [6.45, 7) is 1.90. The lowest BCUT2D eigenvalue weighted by Gasteiger charge is -2.07. The largest absolute Gasteiger partial charge is 0.495 e. The Bertz CT molecular complexity index is 764. The Labute approximate surface area is 142 Å². The number of aromatic nitrogens is 2. The van der Waals surface area contributed by atoms with Crippen molar-refractivity contribution in [2.45, 2.75) is 19.3 Å². The topological polar surface area (TPSA) is 76.0 Å². The molecule has 4 N–H and O–H groups in total. The number of hydrogen-bond acceptors (Lipinski definition) is 4. The summed E-state index contributed by atoms with van der Waals surface area (Å²) in [6, 6.07) is 14.1. The number of aryl methyl sites for hydroxylation is 1. The van der Waals surface area contributed by atoms with E-state index < -0.39 is 0 Å². The average molecular weight is 324 g/mol. The molecule has 1 aromatic heterocycles. The minimum absolute atomic E-state index is 0.702.